The number of pyridine rings is 1. The van der Waals surface area contributed by atoms with Gasteiger partial charge in [-0.25, -0.2) is 0 Å². The number of nitrogens with one attached hydrogen (secondary N) is 1. The lowest BCUT2D eigenvalue weighted by Gasteiger charge is -2.34. The van der Waals surface area contributed by atoms with Gasteiger partial charge >= 0.3 is 0 Å². The van der Waals surface area contributed by atoms with Gasteiger partial charge in [-0.05, 0) is 17.7 Å². The number of H-pyrrole nitrogens is 1. The monoisotopic (exact) mass is 348 g/mol. The van der Waals surface area contributed by atoms with Crippen molar-refractivity contribution in [2.24, 2.45) is 0 Å². The van der Waals surface area contributed by atoms with Crippen LogP contribution in [0.15, 0.2) is 54.9 Å². The first kappa shape index (κ1) is 16.4. The summed E-state index contributed by atoms with van der Waals surface area (Å²) in [4.78, 5) is 21.1. The molecule has 4 rings (SSSR count). The molecular weight excluding hydrogens is 328 g/mol. The average molecular weight is 348 g/mol. The zero-order valence-electron chi connectivity index (χ0n) is 14.4. The smallest absolute Gasteiger partial charge is 0.276 e. The highest BCUT2D eigenvalue weighted by Gasteiger charge is 2.26. The number of piperazine rings is 1. The van der Waals surface area contributed by atoms with Crippen molar-refractivity contribution in [1.82, 2.24) is 30.2 Å². The van der Waals surface area contributed by atoms with E-state index in [-0.39, 0.29) is 5.91 Å². The molecule has 1 amide bonds. The number of carbonyl (C=O) groups is 1. The molecule has 1 N–H and O–H groups in total. The Morgan fingerprint density at radius 1 is 0.962 bits per heavy atom. The third-order valence-electron chi connectivity index (χ3n) is 4.61. The number of hydrogen-bond donors (Lipinski definition) is 1. The lowest BCUT2D eigenvalue weighted by Crippen LogP contribution is -2.48. The predicted octanol–water partition coefficient (Wildman–Crippen LogP) is 1.82. The molecule has 0 radical (unpaired) electrons. The molecule has 1 fully saturated rings. The van der Waals surface area contributed by atoms with Crippen molar-refractivity contribution in [2.75, 3.05) is 26.2 Å². The van der Waals surface area contributed by atoms with Crippen LogP contribution in [0.3, 0.4) is 0 Å². The minimum atomic E-state index is -0.0684. The van der Waals surface area contributed by atoms with Crippen molar-refractivity contribution < 1.29 is 4.79 Å². The molecule has 2 aromatic heterocycles. The van der Waals surface area contributed by atoms with Gasteiger partial charge in [-0.3, -0.25) is 14.7 Å². The second-order valence-electron chi connectivity index (χ2n) is 6.31. The Balaban J connectivity index is 1.41. The Labute approximate surface area is 151 Å². The van der Waals surface area contributed by atoms with Crippen LogP contribution in [0, 0.1) is 0 Å². The van der Waals surface area contributed by atoms with Crippen LogP contribution < -0.4 is 0 Å². The number of aromatic amines is 1. The molecule has 7 heteroatoms. The van der Waals surface area contributed by atoms with Gasteiger partial charge < -0.3 is 4.90 Å². The zero-order valence-corrected chi connectivity index (χ0v) is 14.4. The largest absolute Gasteiger partial charge is 0.335 e. The van der Waals surface area contributed by atoms with Crippen molar-refractivity contribution in [2.45, 2.75) is 6.54 Å². The molecular formula is C19H20N6O. The number of rotatable bonds is 4. The Morgan fingerprint density at radius 2 is 1.69 bits per heavy atom. The van der Waals surface area contributed by atoms with Gasteiger partial charge in [0.1, 0.15) is 5.69 Å². The van der Waals surface area contributed by atoms with Crippen molar-refractivity contribution in [3.05, 3.63) is 66.1 Å². The van der Waals surface area contributed by atoms with E-state index in [2.05, 4.69) is 25.3 Å². The summed E-state index contributed by atoms with van der Waals surface area (Å²) in [5.41, 5.74) is 3.12. The number of nitrogens with zero attached hydrogens (tertiary/aromatic N) is 5. The summed E-state index contributed by atoms with van der Waals surface area (Å²) in [5.74, 6) is -0.0684. The van der Waals surface area contributed by atoms with E-state index in [1.54, 1.807) is 0 Å². The first-order valence-electron chi connectivity index (χ1n) is 8.68. The minimum absolute atomic E-state index is 0.0684. The summed E-state index contributed by atoms with van der Waals surface area (Å²) in [6.07, 6.45) is 3.62. The van der Waals surface area contributed by atoms with E-state index in [4.69, 9.17) is 0 Å². The van der Waals surface area contributed by atoms with Crippen LogP contribution in [-0.2, 0) is 6.54 Å². The molecule has 1 aromatic carbocycles. The molecule has 0 unspecified atom stereocenters. The van der Waals surface area contributed by atoms with E-state index in [9.17, 15) is 4.79 Å². The predicted molar refractivity (Wildman–Crippen MR) is 97.2 cm³/mol. The quantitative estimate of drug-likeness (QED) is 0.778. The van der Waals surface area contributed by atoms with Crippen LogP contribution in [0.2, 0.25) is 0 Å². The fourth-order valence-corrected chi connectivity index (χ4v) is 3.18. The molecule has 1 aliphatic heterocycles. The van der Waals surface area contributed by atoms with Gasteiger partial charge in [0.15, 0.2) is 5.69 Å². The molecule has 26 heavy (non-hydrogen) atoms. The lowest BCUT2D eigenvalue weighted by molar-refractivity contribution is 0.0623. The molecule has 1 saturated heterocycles. The molecule has 7 nitrogen and oxygen atoms in total. The van der Waals surface area contributed by atoms with E-state index in [1.807, 2.05) is 59.8 Å². The lowest BCUT2D eigenvalue weighted by atomic mass is 10.1. The highest BCUT2D eigenvalue weighted by Crippen LogP contribution is 2.21. The van der Waals surface area contributed by atoms with E-state index < -0.39 is 0 Å². The number of carbonyl (C=O) groups excluding carboxylic acids is 1. The minimum Gasteiger partial charge on any atom is -0.335 e. The van der Waals surface area contributed by atoms with E-state index in [1.165, 1.54) is 5.56 Å². The van der Waals surface area contributed by atoms with Gasteiger partial charge in [-0.15, -0.1) is 0 Å². The topological polar surface area (TPSA) is 78.0 Å². The number of amides is 1. The van der Waals surface area contributed by atoms with Gasteiger partial charge in [0.2, 0.25) is 0 Å². The van der Waals surface area contributed by atoms with E-state index in [0.29, 0.717) is 24.5 Å². The summed E-state index contributed by atoms with van der Waals surface area (Å²) in [6, 6.07) is 13.7. The highest BCUT2D eigenvalue weighted by atomic mass is 16.2. The van der Waals surface area contributed by atoms with E-state index in [0.717, 1.165) is 25.2 Å². The summed E-state index contributed by atoms with van der Waals surface area (Å²) in [7, 11) is 0. The Bertz CT molecular complexity index is 856. The summed E-state index contributed by atoms with van der Waals surface area (Å²) in [5, 5.41) is 10.9. The van der Waals surface area contributed by atoms with Crippen LogP contribution >= 0.6 is 0 Å². The standard InChI is InChI=1S/C19H20N6O/c26-19(18-17(21-23-22-18)16-4-2-1-3-5-16)25-12-10-24(11-13-25)14-15-6-8-20-9-7-15/h1-9H,10-14H2,(H,21,22,23). The summed E-state index contributed by atoms with van der Waals surface area (Å²) in [6.45, 7) is 3.93. The van der Waals surface area contributed by atoms with E-state index >= 15 is 0 Å². The maximum absolute atomic E-state index is 12.9. The Kier molecular flexibility index (Phi) is 4.70. The molecule has 0 bridgehead atoms. The number of benzene rings is 1. The Morgan fingerprint density at radius 3 is 2.42 bits per heavy atom. The molecule has 0 aliphatic carbocycles. The molecule has 0 atom stereocenters. The van der Waals surface area contributed by atoms with Gasteiger partial charge in [0, 0.05) is 50.7 Å². The molecule has 3 heterocycles. The van der Waals surface area contributed by atoms with Crippen LogP contribution in [0.1, 0.15) is 16.1 Å². The first-order valence-corrected chi connectivity index (χ1v) is 8.68. The van der Waals surface area contributed by atoms with Crippen LogP contribution in [0.4, 0.5) is 0 Å². The molecule has 0 saturated carbocycles. The third kappa shape index (κ3) is 3.48. The van der Waals surface area contributed by atoms with Crippen molar-refractivity contribution in [3.63, 3.8) is 0 Å². The number of hydrogen-bond acceptors (Lipinski definition) is 5. The van der Waals surface area contributed by atoms with Gasteiger partial charge in [-0.1, -0.05) is 30.3 Å². The van der Waals surface area contributed by atoms with Crippen LogP contribution in [-0.4, -0.2) is 62.3 Å². The van der Waals surface area contributed by atoms with Crippen LogP contribution in [0.5, 0.6) is 0 Å². The third-order valence-corrected chi connectivity index (χ3v) is 4.61. The highest BCUT2D eigenvalue weighted by molar-refractivity contribution is 5.97. The first-order chi connectivity index (χ1) is 12.8. The zero-order chi connectivity index (χ0) is 17.8. The molecule has 132 valence electrons. The maximum Gasteiger partial charge on any atom is 0.276 e. The van der Waals surface area contributed by atoms with Crippen molar-refractivity contribution in [1.29, 1.82) is 0 Å². The van der Waals surface area contributed by atoms with Crippen molar-refractivity contribution in [3.8, 4) is 11.3 Å². The normalized spacial score (nSPS) is 15.2. The second-order valence-corrected chi connectivity index (χ2v) is 6.31. The summed E-state index contributed by atoms with van der Waals surface area (Å²) < 4.78 is 0. The van der Waals surface area contributed by atoms with Gasteiger partial charge in [0.25, 0.3) is 5.91 Å². The van der Waals surface area contributed by atoms with Crippen LogP contribution in [0.25, 0.3) is 11.3 Å². The maximum atomic E-state index is 12.9. The SMILES string of the molecule is O=C(c1n[nH]nc1-c1ccccc1)N1CCN(Cc2ccncc2)CC1. The fraction of sp³-hybridized carbons (Fsp3) is 0.263. The second kappa shape index (κ2) is 7.45. The summed E-state index contributed by atoms with van der Waals surface area (Å²) >= 11 is 0. The van der Waals surface area contributed by atoms with Gasteiger partial charge in [-0.2, -0.15) is 15.4 Å². The van der Waals surface area contributed by atoms with Gasteiger partial charge in [0.05, 0.1) is 0 Å². The molecule has 1 aliphatic rings. The molecule has 3 aromatic rings. The molecule has 0 spiro atoms. The Hall–Kier alpha value is -3.06. The van der Waals surface area contributed by atoms with Crippen molar-refractivity contribution >= 4 is 5.91 Å². The average Bonchev–Trinajstić information content (AvgIpc) is 3.19. The number of aromatic nitrogens is 4. The fourth-order valence-electron chi connectivity index (χ4n) is 3.18.